The minimum absolute atomic E-state index is 0.295. The molecule has 1 aliphatic carbocycles. The number of rotatable bonds is 4. The van der Waals surface area contributed by atoms with Crippen molar-refractivity contribution in [3.05, 3.63) is 104 Å². The molecule has 29 heavy (non-hydrogen) atoms. The van der Waals surface area contributed by atoms with Crippen LogP contribution in [0, 0.1) is 16.0 Å². The Balaban J connectivity index is 2.04. The van der Waals surface area contributed by atoms with E-state index < -0.39 is 5.97 Å². The molecule has 0 spiro atoms. The van der Waals surface area contributed by atoms with Gasteiger partial charge in [0.25, 0.3) is 0 Å². The van der Waals surface area contributed by atoms with Crippen LogP contribution in [0.25, 0.3) is 12.2 Å². The van der Waals surface area contributed by atoms with E-state index in [4.69, 9.17) is 15.1 Å². The highest BCUT2D eigenvalue weighted by molar-refractivity contribution is 5.91. The van der Waals surface area contributed by atoms with Gasteiger partial charge in [-0.15, -0.1) is 0 Å². The van der Waals surface area contributed by atoms with E-state index in [-0.39, 0.29) is 0 Å². The summed E-state index contributed by atoms with van der Waals surface area (Å²) in [6.07, 6.45) is 6.64. The lowest BCUT2D eigenvalue weighted by molar-refractivity contribution is 0.0518. The fourth-order valence-corrected chi connectivity index (χ4v) is 3.54. The molecule has 4 nitrogen and oxygen atoms in total. The van der Waals surface area contributed by atoms with E-state index in [0.717, 1.165) is 32.5 Å². The Kier molecular flexibility index (Phi) is 5.19. The molecule has 0 aliphatic heterocycles. The second kappa shape index (κ2) is 8.09. The number of aromatic nitrogens is 1. The van der Waals surface area contributed by atoms with Gasteiger partial charge in [0, 0.05) is 22.1 Å². The summed E-state index contributed by atoms with van der Waals surface area (Å²) in [6, 6.07) is 17.5. The van der Waals surface area contributed by atoms with Gasteiger partial charge >= 0.3 is 5.97 Å². The number of nitrogens with one attached hydrogen (secondary N) is 1. The van der Waals surface area contributed by atoms with Gasteiger partial charge in [-0.25, -0.2) is 9.78 Å². The molecule has 1 N–H and O–H groups in total. The lowest BCUT2D eigenvalue weighted by Crippen LogP contribution is -2.20. The molecule has 0 atom stereocenters. The highest BCUT2D eigenvalue weighted by Crippen LogP contribution is 2.20. The summed E-state index contributed by atoms with van der Waals surface area (Å²) in [6.45, 7) is 2.09. The van der Waals surface area contributed by atoms with Crippen LogP contribution in [0.15, 0.2) is 60.7 Å². The molecule has 0 amide bonds. The predicted octanol–water partition coefficient (Wildman–Crippen LogP) is 2.86. The minimum Gasteiger partial charge on any atom is -0.461 e. The fourth-order valence-electron chi connectivity index (χ4n) is 3.54. The number of fused-ring (bicyclic) bond motifs is 1. The first kappa shape index (κ1) is 18.6. The topological polar surface area (TPSA) is 63.0 Å². The largest absolute Gasteiger partial charge is 0.461 e. The van der Waals surface area contributed by atoms with Crippen LogP contribution in [-0.4, -0.2) is 23.4 Å². The summed E-state index contributed by atoms with van der Waals surface area (Å²) in [5, 5.41) is 10.6. The average molecular weight is 380 g/mol. The van der Waals surface area contributed by atoms with Gasteiger partial charge < -0.3 is 4.74 Å². The molecule has 4 rings (SSSR count). The Morgan fingerprint density at radius 1 is 1.10 bits per heavy atom. The minimum atomic E-state index is -0.410. The van der Waals surface area contributed by atoms with Crippen LogP contribution in [0.4, 0.5) is 0 Å². The molecular weight excluding hydrogens is 360 g/mol. The number of pyridine rings is 1. The van der Waals surface area contributed by atoms with E-state index in [9.17, 15) is 4.79 Å². The summed E-state index contributed by atoms with van der Waals surface area (Å²) in [5.41, 5.74) is 3.35. The zero-order chi connectivity index (χ0) is 20.2. The first-order valence-corrected chi connectivity index (χ1v) is 9.53. The fraction of sp³-hybridized carbons (Fsp3) is 0.120. The third-order valence-corrected chi connectivity index (χ3v) is 4.90. The Hall–Kier alpha value is -3.75. The monoisotopic (exact) mass is 380 g/mol. The number of benzene rings is 2. The number of carbonyl (C=O) groups excluding carboxylic acids is 1. The maximum Gasteiger partial charge on any atom is 0.357 e. The Bertz CT molecular complexity index is 1330. The van der Waals surface area contributed by atoms with Gasteiger partial charge in [0.2, 0.25) is 0 Å². The molecule has 1 heterocycles. The van der Waals surface area contributed by atoms with Gasteiger partial charge in [-0.05, 0) is 41.6 Å². The summed E-state index contributed by atoms with van der Waals surface area (Å²) < 4.78 is 5.32. The number of carbonyl (C=O) groups is 1. The molecule has 0 radical (unpaired) electrons. The summed E-state index contributed by atoms with van der Waals surface area (Å²) in [7, 11) is 0. The molecule has 142 valence electrons. The summed E-state index contributed by atoms with van der Waals surface area (Å²) in [4.78, 5) is 17.6. The van der Waals surface area contributed by atoms with Crippen LogP contribution >= 0.6 is 0 Å². The molecule has 1 aliphatic rings. The molecule has 0 bridgehead atoms. The summed E-state index contributed by atoms with van der Waals surface area (Å²) in [5.74, 6) is 1.97. The maximum absolute atomic E-state index is 12.8. The van der Waals surface area contributed by atoms with Crippen molar-refractivity contribution in [2.24, 2.45) is 0 Å². The molecule has 0 saturated heterocycles. The SMILES string of the molecule is CCOC(=O)c1nc(=c2ccc(=C=N)cc2)c2c(c1Cc1ccccc1)C=CC=2. The highest BCUT2D eigenvalue weighted by atomic mass is 16.5. The van der Waals surface area contributed by atoms with Gasteiger partial charge in [-0.2, -0.15) is 0 Å². The van der Waals surface area contributed by atoms with Crippen LogP contribution in [0.2, 0.25) is 0 Å². The van der Waals surface area contributed by atoms with E-state index in [1.165, 1.54) is 0 Å². The number of hydrogen-bond donors (Lipinski definition) is 1. The number of hydrogen-bond acceptors (Lipinski definition) is 4. The predicted molar refractivity (Wildman–Crippen MR) is 113 cm³/mol. The molecule has 0 fully saturated rings. The van der Waals surface area contributed by atoms with Crippen molar-refractivity contribution < 1.29 is 9.53 Å². The van der Waals surface area contributed by atoms with Gasteiger partial charge in [0.05, 0.1) is 12.0 Å². The van der Waals surface area contributed by atoms with E-state index in [2.05, 4.69) is 5.87 Å². The van der Waals surface area contributed by atoms with Crippen molar-refractivity contribution in [2.45, 2.75) is 13.3 Å². The number of esters is 1. The third-order valence-electron chi connectivity index (χ3n) is 4.90. The quantitative estimate of drug-likeness (QED) is 0.559. The first-order valence-electron chi connectivity index (χ1n) is 9.53. The van der Waals surface area contributed by atoms with Gasteiger partial charge in [-0.3, -0.25) is 5.41 Å². The number of nitrogens with zero attached hydrogens (tertiary/aromatic N) is 1. The average Bonchev–Trinajstić information content (AvgIpc) is 3.25. The first-order chi connectivity index (χ1) is 14.2. The van der Waals surface area contributed by atoms with E-state index >= 15 is 0 Å². The standard InChI is InChI=1S/C25H20N2O2/c1-2-29-25(28)24-22(15-17-7-4-3-5-8-17)20-9-6-10-21(20)23(27-24)19-13-11-18(16-26)12-14-19/h3-14,26H,2,15H2,1H3. The van der Waals surface area contributed by atoms with Crippen LogP contribution in [0.1, 0.15) is 34.1 Å². The number of allylic oxidation sites excluding steroid dienone is 1. The van der Waals surface area contributed by atoms with Crippen molar-refractivity contribution in [1.82, 2.24) is 4.98 Å². The molecule has 0 saturated carbocycles. The van der Waals surface area contributed by atoms with Crippen molar-refractivity contribution in [3.63, 3.8) is 0 Å². The van der Waals surface area contributed by atoms with E-state index in [0.29, 0.717) is 23.9 Å². The smallest absolute Gasteiger partial charge is 0.357 e. The molecule has 4 heteroatoms. The lowest BCUT2D eigenvalue weighted by Gasteiger charge is -2.12. The molecule has 0 unspecified atom stereocenters. The second-order valence-electron chi connectivity index (χ2n) is 6.73. The van der Waals surface area contributed by atoms with Gasteiger partial charge in [0.1, 0.15) is 0 Å². The normalized spacial score (nSPS) is 11.5. The zero-order valence-electron chi connectivity index (χ0n) is 16.1. The van der Waals surface area contributed by atoms with Crippen LogP contribution in [0.5, 0.6) is 0 Å². The maximum atomic E-state index is 12.8. The molecular formula is C25H20N2O2. The van der Waals surface area contributed by atoms with Crippen LogP contribution in [0.3, 0.4) is 0 Å². The van der Waals surface area contributed by atoms with Crippen molar-refractivity contribution in [3.8, 4) is 0 Å². The Labute approximate surface area is 168 Å². The lowest BCUT2D eigenvalue weighted by atomic mass is 9.97. The Morgan fingerprint density at radius 3 is 2.55 bits per heavy atom. The van der Waals surface area contributed by atoms with Gasteiger partial charge in [0.15, 0.2) is 5.69 Å². The van der Waals surface area contributed by atoms with Crippen molar-refractivity contribution in [2.75, 3.05) is 6.61 Å². The molecule has 3 aromatic rings. The summed E-state index contributed by atoms with van der Waals surface area (Å²) >= 11 is 0. The number of ether oxygens (including phenoxy) is 1. The van der Waals surface area contributed by atoms with E-state index in [1.807, 2.05) is 72.8 Å². The zero-order valence-corrected chi connectivity index (χ0v) is 16.1. The third kappa shape index (κ3) is 3.66. The van der Waals surface area contributed by atoms with E-state index in [1.54, 1.807) is 6.92 Å². The van der Waals surface area contributed by atoms with Crippen LogP contribution < -0.4 is 10.4 Å². The van der Waals surface area contributed by atoms with Crippen molar-refractivity contribution >= 4 is 24.0 Å². The Morgan fingerprint density at radius 2 is 1.86 bits per heavy atom. The molecule has 1 aromatic heterocycles. The van der Waals surface area contributed by atoms with Gasteiger partial charge in [-0.1, -0.05) is 60.7 Å². The van der Waals surface area contributed by atoms with Crippen LogP contribution in [-0.2, 0) is 11.2 Å². The molecule has 2 aromatic carbocycles. The van der Waals surface area contributed by atoms with Crippen molar-refractivity contribution in [1.29, 1.82) is 5.41 Å². The second-order valence-corrected chi connectivity index (χ2v) is 6.73. The highest BCUT2D eigenvalue weighted by Gasteiger charge is 2.20.